The van der Waals surface area contributed by atoms with Crippen molar-refractivity contribution in [2.75, 3.05) is 38.7 Å². The van der Waals surface area contributed by atoms with E-state index in [0.29, 0.717) is 18.7 Å². The Kier molecular flexibility index (Phi) is 4.71. The van der Waals surface area contributed by atoms with Crippen LogP contribution in [0.4, 0.5) is 5.82 Å². The maximum Gasteiger partial charge on any atom is 0.254 e. The fourth-order valence-electron chi connectivity index (χ4n) is 2.63. The highest BCUT2D eigenvalue weighted by molar-refractivity contribution is 5.93. The van der Waals surface area contributed by atoms with Crippen LogP contribution in [0.5, 0.6) is 0 Å². The molecule has 126 valence electrons. The zero-order valence-corrected chi connectivity index (χ0v) is 14.1. The number of aromatic nitrogens is 3. The van der Waals surface area contributed by atoms with Gasteiger partial charge < -0.3 is 14.5 Å². The van der Waals surface area contributed by atoms with Crippen LogP contribution in [0.2, 0.25) is 0 Å². The van der Waals surface area contributed by atoms with Crippen LogP contribution in [0.15, 0.2) is 30.7 Å². The maximum atomic E-state index is 11.9. The van der Waals surface area contributed by atoms with E-state index in [4.69, 9.17) is 4.74 Å². The van der Waals surface area contributed by atoms with E-state index in [2.05, 4.69) is 19.9 Å². The Bertz CT molecular complexity index is 717. The van der Waals surface area contributed by atoms with Gasteiger partial charge in [-0.3, -0.25) is 9.78 Å². The van der Waals surface area contributed by atoms with Crippen molar-refractivity contribution in [2.45, 2.75) is 13.0 Å². The van der Waals surface area contributed by atoms with Gasteiger partial charge in [-0.15, -0.1) is 0 Å². The number of pyridine rings is 1. The molecule has 1 aliphatic rings. The molecule has 0 N–H and O–H groups in total. The summed E-state index contributed by atoms with van der Waals surface area (Å²) in [5.41, 5.74) is 2.33. The summed E-state index contributed by atoms with van der Waals surface area (Å²) in [5, 5.41) is 0. The molecule has 1 amide bonds. The molecule has 0 spiro atoms. The van der Waals surface area contributed by atoms with Crippen LogP contribution in [-0.2, 0) is 4.74 Å². The average molecular weight is 327 g/mol. The van der Waals surface area contributed by atoms with Crippen molar-refractivity contribution in [3.05, 3.63) is 47.7 Å². The summed E-state index contributed by atoms with van der Waals surface area (Å²) < 4.78 is 5.85. The number of anilines is 1. The van der Waals surface area contributed by atoms with E-state index in [1.54, 1.807) is 32.7 Å². The predicted octanol–water partition coefficient (Wildman–Crippen LogP) is 1.46. The summed E-state index contributed by atoms with van der Waals surface area (Å²) in [6.07, 6.45) is 3.04. The number of morpholine rings is 1. The van der Waals surface area contributed by atoms with Crippen molar-refractivity contribution >= 4 is 11.7 Å². The van der Waals surface area contributed by atoms with Crippen molar-refractivity contribution in [1.82, 2.24) is 19.9 Å². The number of ether oxygens (including phenoxy) is 1. The molecule has 1 saturated heterocycles. The fourth-order valence-corrected chi connectivity index (χ4v) is 2.63. The monoisotopic (exact) mass is 327 g/mol. The molecule has 3 heterocycles. The van der Waals surface area contributed by atoms with Gasteiger partial charge in [0.05, 0.1) is 24.4 Å². The van der Waals surface area contributed by atoms with Crippen LogP contribution in [0.3, 0.4) is 0 Å². The molecule has 0 radical (unpaired) electrons. The quantitative estimate of drug-likeness (QED) is 0.850. The van der Waals surface area contributed by atoms with E-state index in [1.165, 1.54) is 4.90 Å². The summed E-state index contributed by atoms with van der Waals surface area (Å²) >= 11 is 0. The molecule has 0 saturated carbocycles. The third-order valence-corrected chi connectivity index (χ3v) is 3.95. The van der Waals surface area contributed by atoms with Gasteiger partial charge in [-0.25, -0.2) is 9.97 Å². The van der Waals surface area contributed by atoms with Gasteiger partial charge in [0.15, 0.2) is 0 Å². The fraction of sp³-hybridized carbons (Fsp3) is 0.412. The topological polar surface area (TPSA) is 71.5 Å². The Morgan fingerprint density at radius 2 is 2.12 bits per heavy atom. The van der Waals surface area contributed by atoms with Gasteiger partial charge in [0, 0.05) is 38.6 Å². The lowest BCUT2D eigenvalue weighted by Crippen LogP contribution is -2.39. The van der Waals surface area contributed by atoms with Crippen LogP contribution in [0.1, 0.15) is 27.8 Å². The summed E-state index contributed by atoms with van der Waals surface area (Å²) in [5.74, 6) is 0.840. The summed E-state index contributed by atoms with van der Waals surface area (Å²) in [7, 11) is 3.45. The number of amides is 1. The Hall–Kier alpha value is -2.54. The minimum atomic E-state index is -0.141. The summed E-state index contributed by atoms with van der Waals surface area (Å²) in [6, 6.07) is 5.62. The normalized spacial score (nSPS) is 17.6. The Balaban J connectivity index is 1.74. The molecule has 1 atom stereocenters. The molecule has 1 fully saturated rings. The van der Waals surface area contributed by atoms with E-state index in [-0.39, 0.29) is 12.0 Å². The Morgan fingerprint density at radius 1 is 1.29 bits per heavy atom. The highest BCUT2D eigenvalue weighted by Crippen LogP contribution is 2.24. The Morgan fingerprint density at radius 3 is 2.79 bits per heavy atom. The third-order valence-electron chi connectivity index (χ3n) is 3.95. The molecule has 7 heteroatoms. The van der Waals surface area contributed by atoms with Crippen molar-refractivity contribution in [2.24, 2.45) is 0 Å². The number of carbonyl (C=O) groups excluding carboxylic acids is 1. The third kappa shape index (κ3) is 3.51. The highest BCUT2D eigenvalue weighted by Gasteiger charge is 2.24. The minimum Gasteiger partial charge on any atom is -0.368 e. The molecule has 0 unspecified atom stereocenters. The molecule has 24 heavy (non-hydrogen) atoms. The zero-order chi connectivity index (χ0) is 17.1. The van der Waals surface area contributed by atoms with Gasteiger partial charge >= 0.3 is 0 Å². The molecule has 7 nitrogen and oxygen atoms in total. The molecule has 0 aromatic carbocycles. The average Bonchev–Trinajstić information content (AvgIpc) is 2.61. The number of hydrogen-bond donors (Lipinski definition) is 0. The second-order valence-electron chi connectivity index (χ2n) is 5.99. The van der Waals surface area contributed by atoms with Gasteiger partial charge in [0.25, 0.3) is 5.91 Å². The van der Waals surface area contributed by atoms with Gasteiger partial charge in [-0.05, 0) is 19.1 Å². The van der Waals surface area contributed by atoms with Crippen LogP contribution in [0.25, 0.3) is 0 Å². The van der Waals surface area contributed by atoms with E-state index in [9.17, 15) is 4.79 Å². The lowest BCUT2D eigenvalue weighted by atomic mass is 10.1. The molecule has 0 aliphatic carbocycles. The lowest BCUT2D eigenvalue weighted by Gasteiger charge is -2.33. The maximum absolute atomic E-state index is 11.9. The van der Waals surface area contributed by atoms with E-state index in [0.717, 1.165) is 23.8 Å². The summed E-state index contributed by atoms with van der Waals surface area (Å²) in [4.78, 5) is 28.5. The van der Waals surface area contributed by atoms with Crippen molar-refractivity contribution in [3.8, 4) is 0 Å². The number of carbonyl (C=O) groups is 1. The van der Waals surface area contributed by atoms with E-state index < -0.39 is 0 Å². The van der Waals surface area contributed by atoms with E-state index >= 15 is 0 Å². The number of aryl methyl sites for hydroxylation is 1. The summed E-state index contributed by atoms with van der Waals surface area (Å²) in [6.45, 7) is 4.01. The molecular formula is C17H21N5O2. The van der Waals surface area contributed by atoms with Crippen LogP contribution in [0, 0.1) is 6.92 Å². The van der Waals surface area contributed by atoms with E-state index in [1.807, 2.05) is 19.1 Å². The second kappa shape index (κ2) is 6.92. The molecule has 2 aromatic heterocycles. The van der Waals surface area contributed by atoms with Crippen LogP contribution < -0.4 is 4.90 Å². The molecular weight excluding hydrogens is 306 g/mol. The second-order valence-corrected chi connectivity index (χ2v) is 5.99. The Labute approximate surface area is 141 Å². The predicted molar refractivity (Wildman–Crippen MR) is 89.9 cm³/mol. The lowest BCUT2D eigenvalue weighted by molar-refractivity contribution is 0.0367. The first-order valence-electron chi connectivity index (χ1n) is 7.87. The van der Waals surface area contributed by atoms with Crippen molar-refractivity contribution in [1.29, 1.82) is 0 Å². The first-order chi connectivity index (χ1) is 11.5. The van der Waals surface area contributed by atoms with Gasteiger partial charge in [-0.2, -0.15) is 0 Å². The number of rotatable bonds is 3. The number of nitrogens with zero attached hydrogens (tertiary/aromatic N) is 5. The smallest absolute Gasteiger partial charge is 0.254 e. The van der Waals surface area contributed by atoms with Crippen LogP contribution >= 0.6 is 0 Å². The first kappa shape index (κ1) is 16.3. The molecule has 0 bridgehead atoms. The van der Waals surface area contributed by atoms with Gasteiger partial charge in [0.1, 0.15) is 18.2 Å². The standard InChI is InChI=1S/C17H21N5O2/c1-12-8-16(20-11-19-12)22-6-7-24-15(10-22)14-5-4-13(9-18-14)17(23)21(2)3/h4-5,8-9,11,15H,6-7,10H2,1-3H3/t15-/m1/s1. The first-order valence-corrected chi connectivity index (χ1v) is 7.87. The molecule has 2 aromatic rings. The van der Waals surface area contributed by atoms with Crippen LogP contribution in [-0.4, -0.2) is 59.6 Å². The highest BCUT2D eigenvalue weighted by atomic mass is 16.5. The SMILES string of the molecule is Cc1cc(N2CCO[C@@H](c3ccc(C(=O)N(C)C)cn3)C2)ncn1. The zero-order valence-electron chi connectivity index (χ0n) is 14.1. The molecule has 1 aliphatic heterocycles. The number of hydrogen-bond acceptors (Lipinski definition) is 6. The largest absolute Gasteiger partial charge is 0.368 e. The van der Waals surface area contributed by atoms with Gasteiger partial charge in [-0.1, -0.05) is 0 Å². The molecule has 3 rings (SSSR count). The van der Waals surface area contributed by atoms with Crippen molar-refractivity contribution in [3.63, 3.8) is 0 Å². The minimum absolute atomic E-state index is 0.0586. The van der Waals surface area contributed by atoms with Gasteiger partial charge in [0.2, 0.25) is 0 Å². The van der Waals surface area contributed by atoms with Crippen molar-refractivity contribution < 1.29 is 9.53 Å².